The fourth-order valence-electron chi connectivity index (χ4n) is 3.14. The van der Waals surface area contributed by atoms with Crippen LogP contribution in [0.2, 0.25) is 0 Å². The van der Waals surface area contributed by atoms with E-state index in [0.29, 0.717) is 13.0 Å². The predicted molar refractivity (Wildman–Crippen MR) is 102 cm³/mol. The van der Waals surface area contributed by atoms with Gasteiger partial charge in [-0.2, -0.15) is 0 Å². The lowest BCUT2D eigenvalue weighted by Crippen LogP contribution is -2.42. The third-order valence-electron chi connectivity index (χ3n) is 4.66. The van der Waals surface area contributed by atoms with E-state index in [2.05, 4.69) is 15.6 Å². The Morgan fingerprint density at radius 1 is 1.41 bits per heavy atom. The number of amides is 1. The van der Waals surface area contributed by atoms with Crippen LogP contribution in [0.5, 0.6) is 0 Å². The molecule has 27 heavy (non-hydrogen) atoms. The molecule has 144 valence electrons. The summed E-state index contributed by atoms with van der Waals surface area (Å²) in [7, 11) is 1.33. The molecule has 8 heteroatoms. The lowest BCUT2D eigenvalue weighted by atomic mass is 10.0. The lowest BCUT2D eigenvalue weighted by molar-refractivity contribution is -0.141. The van der Waals surface area contributed by atoms with Gasteiger partial charge in [-0.05, 0) is 24.5 Å². The highest BCUT2D eigenvalue weighted by Gasteiger charge is 2.30. The van der Waals surface area contributed by atoms with E-state index in [1.165, 1.54) is 7.11 Å². The van der Waals surface area contributed by atoms with Gasteiger partial charge in [0.2, 0.25) is 5.91 Å². The van der Waals surface area contributed by atoms with Gasteiger partial charge in [-0.25, -0.2) is 4.98 Å². The SMILES string of the molecule is COC(=O)C[C@@H](NC(=O)[C@H]1C[C@H](O)CN1)c1ccc(-c2scnc2C)cc1. The van der Waals surface area contributed by atoms with E-state index in [9.17, 15) is 14.7 Å². The first-order valence-electron chi connectivity index (χ1n) is 8.77. The number of esters is 1. The van der Waals surface area contributed by atoms with Gasteiger partial charge >= 0.3 is 5.97 Å². The van der Waals surface area contributed by atoms with E-state index < -0.39 is 24.2 Å². The molecule has 1 amide bonds. The number of aliphatic hydroxyl groups is 1. The molecule has 3 N–H and O–H groups in total. The highest BCUT2D eigenvalue weighted by Crippen LogP contribution is 2.29. The van der Waals surface area contributed by atoms with Crippen molar-refractivity contribution in [2.75, 3.05) is 13.7 Å². The highest BCUT2D eigenvalue weighted by molar-refractivity contribution is 7.13. The summed E-state index contributed by atoms with van der Waals surface area (Å²) >= 11 is 1.57. The van der Waals surface area contributed by atoms with Crippen molar-refractivity contribution in [1.82, 2.24) is 15.6 Å². The number of aromatic nitrogens is 1. The van der Waals surface area contributed by atoms with Crippen molar-refractivity contribution in [1.29, 1.82) is 0 Å². The molecule has 7 nitrogen and oxygen atoms in total. The summed E-state index contributed by atoms with van der Waals surface area (Å²) in [6, 6.07) is 6.77. The monoisotopic (exact) mass is 389 g/mol. The number of nitrogens with zero attached hydrogens (tertiary/aromatic N) is 1. The number of carbonyl (C=O) groups excluding carboxylic acids is 2. The van der Waals surface area contributed by atoms with E-state index in [1.807, 2.05) is 36.7 Å². The number of rotatable bonds is 6. The number of benzene rings is 1. The van der Waals surface area contributed by atoms with Crippen LogP contribution < -0.4 is 10.6 Å². The van der Waals surface area contributed by atoms with E-state index in [0.717, 1.165) is 21.7 Å². The second-order valence-corrected chi connectivity index (χ2v) is 7.44. The molecule has 0 saturated carbocycles. The van der Waals surface area contributed by atoms with Crippen molar-refractivity contribution in [3.63, 3.8) is 0 Å². The van der Waals surface area contributed by atoms with Crippen molar-refractivity contribution in [3.8, 4) is 10.4 Å². The number of hydrogen-bond acceptors (Lipinski definition) is 7. The van der Waals surface area contributed by atoms with E-state index in [1.54, 1.807) is 11.3 Å². The molecule has 1 fully saturated rings. The summed E-state index contributed by atoms with van der Waals surface area (Å²) in [5.74, 6) is -0.634. The maximum atomic E-state index is 12.5. The van der Waals surface area contributed by atoms with Crippen molar-refractivity contribution in [2.45, 2.75) is 38.0 Å². The minimum Gasteiger partial charge on any atom is -0.469 e. The minimum atomic E-state index is -0.526. The molecule has 0 unspecified atom stereocenters. The highest BCUT2D eigenvalue weighted by atomic mass is 32.1. The Morgan fingerprint density at radius 3 is 2.70 bits per heavy atom. The van der Waals surface area contributed by atoms with Crippen LogP contribution in [0.3, 0.4) is 0 Å². The second kappa shape index (κ2) is 8.60. The predicted octanol–water partition coefficient (Wildman–Crippen LogP) is 1.56. The number of methoxy groups -OCH3 is 1. The first-order chi connectivity index (χ1) is 13.0. The van der Waals surface area contributed by atoms with Gasteiger partial charge in [-0.3, -0.25) is 9.59 Å². The molecular formula is C19H23N3O4S. The van der Waals surface area contributed by atoms with Crippen LogP contribution in [0.4, 0.5) is 0 Å². The zero-order valence-corrected chi connectivity index (χ0v) is 16.1. The van der Waals surface area contributed by atoms with Crippen LogP contribution >= 0.6 is 11.3 Å². The topological polar surface area (TPSA) is 101 Å². The van der Waals surface area contributed by atoms with Gasteiger partial charge in [0.05, 0.1) is 47.8 Å². The molecule has 2 aromatic rings. The number of ether oxygens (including phenoxy) is 1. The molecule has 0 bridgehead atoms. The van der Waals surface area contributed by atoms with Crippen LogP contribution in [0.15, 0.2) is 29.8 Å². The smallest absolute Gasteiger partial charge is 0.307 e. The molecule has 0 radical (unpaired) electrons. The molecule has 2 heterocycles. The maximum absolute atomic E-state index is 12.5. The normalized spacial score (nSPS) is 20.3. The average molecular weight is 389 g/mol. The third-order valence-corrected chi connectivity index (χ3v) is 5.64. The second-order valence-electron chi connectivity index (χ2n) is 6.58. The average Bonchev–Trinajstić information content (AvgIpc) is 3.29. The number of thiazole rings is 1. The van der Waals surface area contributed by atoms with Crippen molar-refractivity contribution < 1.29 is 19.4 Å². The summed E-state index contributed by atoms with van der Waals surface area (Å²) in [5.41, 5.74) is 4.64. The fraction of sp³-hybridized carbons (Fsp3) is 0.421. The standard InChI is InChI=1S/C19H23N3O4S/c1-11-18(27-10-21-11)13-5-3-12(4-6-13)15(8-17(24)26-2)22-19(25)16-7-14(23)9-20-16/h3-6,10,14-16,20,23H,7-9H2,1-2H3,(H,22,25)/t14-,15+,16+/m0/s1. The van der Waals surface area contributed by atoms with Crippen molar-refractivity contribution in [3.05, 3.63) is 41.0 Å². The zero-order chi connectivity index (χ0) is 19.4. The quantitative estimate of drug-likeness (QED) is 0.649. The van der Waals surface area contributed by atoms with Crippen LogP contribution in [-0.4, -0.2) is 47.8 Å². The number of β-amino-alcohol motifs (C(OH)–C–C–N with tert-alkyl or cyclic N) is 1. The molecule has 3 rings (SSSR count). The van der Waals surface area contributed by atoms with Crippen molar-refractivity contribution >= 4 is 23.2 Å². The molecule has 1 aliphatic rings. The molecule has 0 aliphatic carbocycles. The third kappa shape index (κ3) is 4.71. The summed E-state index contributed by atoms with van der Waals surface area (Å²) < 4.78 is 4.77. The van der Waals surface area contributed by atoms with Gasteiger partial charge in [0, 0.05) is 6.54 Å². The molecule has 1 saturated heterocycles. The Labute approximate surface area is 161 Å². The van der Waals surface area contributed by atoms with E-state index in [4.69, 9.17) is 4.74 Å². The lowest BCUT2D eigenvalue weighted by Gasteiger charge is -2.21. The van der Waals surface area contributed by atoms with Crippen LogP contribution in [0.25, 0.3) is 10.4 Å². The Morgan fingerprint density at radius 2 is 2.15 bits per heavy atom. The summed E-state index contributed by atoms with van der Waals surface area (Å²) in [4.78, 5) is 29.7. The van der Waals surface area contributed by atoms with Gasteiger partial charge in [0.1, 0.15) is 0 Å². The Hall–Kier alpha value is -2.29. The number of carbonyl (C=O) groups is 2. The number of aliphatic hydroxyl groups excluding tert-OH is 1. The Bertz CT molecular complexity index is 806. The molecule has 0 spiro atoms. The van der Waals surface area contributed by atoms with Gasteiger partial charge in [0.25, 0.3) is 0 Å². The van der Waals surface area contributed by atoms with Gasteiger partial charge in [0.15, 0.2) is 0 Å². The maximum Gasteiger partial charge on any atom is 0.307 e. The number of nitrogens with one attached hydrogen (secondary N) is 2. The molecule has 1 aliphatic heterocycles. The molecule has 3 atom stereocenters. The van der Waals surface area contributed by atoms with Gasteiger partial charge < -0.3 is 20.5 Å². The van der Waals surface area contributed by atoms with E-state index >= 15 is 0 Å². The first-order valence-corrected chi connectivity index (χ1v) is 9.65. The molecule has 1 aromatic carbocycles. The first kappa shape index (κ1) is 19.5. The summed E-state index contributed by atoms with van der Waals surface area (Å²) in [6.45, 7) is 2.35. The van der Waals surface area contributed by atoms with Crippen LogP contribution in [0, 0.1) is 6.92 Å². The minimum absolute atomic E-state index is 0.0381. The largest absolute Gasteiger partial charge is 0.469 e. The van der Waals surface area contributed by atoms with Crippen LogP contribution in [0.1, 0.15) is 30.1 Å². The zero-order valence-electron chi connectivity index (χ0n) is 15.3. The Kier molecular flexibility index (Phi) is 6.20. The number of hydrogen-bond donors (Lipinski definition) is 3. The van der Waals surface area contributed by atoms with E-state index in [-0.39, 0.29) is 12.3 Å². The number of aryl methyl sites for hydroxylation is 1. The summed E-state index contributed by atoms with van der Waals surface area (Å²) in [6.07, 6.45) is -0.127. The molecular weight excluding hydrogens is 366 g/mol. The fourth-order valence-corrected chi connectivity index (χ4v) is 3.95. The summed E-state index contributed by atoms with van der Waals surface area (Å²) in [5, 5.41) is 15.5. The van der Waals surface area contributed by atoms with Crippen LogP contribution in [-0.2, 0) is 14.3 Å². The van der Waals surface area contributed by atoms with Gasteiger partial charge in [-0.1, -0.05) is 24.3 Å². The van der Waals surface area contributed by atoms with Crippen molar-refractivity contribution in [2.24, 2.45) is 0 Å². The molecule has 1 aromatic heterocycles. The van der Waals surface area contributed by atoms with Gasteiger partial charge in [-0.15, -0.1) is 11.3 Å². The Balaban J connectivity index is 1.77.